The van der Waals surface area contributed by atoms with E-state index in [9.17, 15) is 14.4 Å². The highest BCUT2D eigenvalue weighted by molar-refractivity contribution is 6.16. The second-order valence-corrected chi connectivity index (χ2v) is 7.03. The number of hydrogen-bond donors (Lipinski definition) is 1. The van der Waals surface area contributed by atoms with Crippen molar-refractivity contribution >= 4 is 17.8 Å². The van der Waals surface area contributed by atoms with Gasteiger partial charge in [-0.25, -0.2) is 4.79 Å². The van der Waals surface area contributed by atoms with Gasteiger partial charge in [0.2, 0.25) is 0 Å². The van der Waals surface area contributed by atoms with Gasteiger partial charge in [-0.05, 0) is 24.8 Å². The van der Waals surface area contributed by atoms with Crippen molar-refractivity contribution in [1.82, 2.24) is 5.32 Å². The minimum absolute atomic E-state index is 0.250. The lowest BCUT2D eigenvalue weighted by Crippen LogP contribution is -2.21. The average Bonchev–Trinajstić information content (AvgIpc) is 3.07. The Balaban J connectivity index is 0.000000375. The van der Waals surface area contributed by atoms with Gasteiger partial charge in [0, 0.05) is 17.7 Å². The van der Waals surface area contributed by atoms with E-state index in [0.29, 0.717) is 18.6 Å². The number of imide groups is 1. The number of amides is 2. The molecule has 1 N–H and O–H groups in total. The van der Waals surface area contributed by atoms with Crippen molar-refractivity contribution < 1.29 is 19.1 Å². The highest BCUT2D eigenvalue weighted by Crippen LogP contribution is 2.08. The zero-order valence-electron chi connectivity index (χ0n) is 17.9. The van der Waals surface area contributed by atoms with Crippen LogP contribution < -0.4 is 5.32 Å². The van der Waals surface area contributed by atoms with Crippen LogP contribution >= 0.6 is 0 Å². The maximum atomic E-state index is 11.5. The monoisotopic (exact) mass is 411 g/mol. The molecule has 0 saturated heterocycles. The summed E-state index contributed by atoms with van der Waals surface area (Å²) < 4.78 is 5.16. The van der Waals surface area contributed by atoms with Crippen LogP contribution in [0.4, 0.5) is 0 Å². The zero-order chi connectivity index (χ0) is 22.0. The summed E-state index contributed by atoms with van der Waals surface area (Å²) in [5.74, 6) is -0.883. The van der Waals surface area contributed by atoms with Crippen molar-refractivity contribution in [2.75, 3.05) is 0 Å². The first-order valence-corrected chi connectivity index (χ1v) is 10.6. The Bertz CT molecular complexity index is 735. The predicted molar refractivity (Wildman–Crippen MR) is 119 cm³/mol. The number of ether oxygens (including phenoxy) is 1. The van der Waals surface area contributed by atoms with Crippen LogP contribution in [0.3, 0.4) is 0 Å². The summed E-state index contributed by atoms with van der Waals surface area (Å²) in [5.41, 5.74) is 1.50. The van der Waals surface area contributed by atoms with Gasteiger partial charge in [-0.3, -0.25) is 14.9 Å². The van der Waals surface area contributed by atoms with Gasteiger partial charge >= 0.3 is 5.97 Å². The second kappa shape index (κ2) is 15.9. The number of carbonyl (C=O) groups excluding carboxylic acids is 3. The summed E-state index contributed by atoms with van der Waals surface area (Å²) in [6.45, 7) is 6.03. The van der Waals surface area contributed by atoms with Gasteiger partial charge in [-0.15, -0.1) is 6.58 Å². The second-order valence-electron chi connectivity index (χ2n) is 7.03. The quantitative estimate of drug-likeness (QED) is 0.169. The number of esters is 1. The fourth-order valence-corrected chi connectivity index (χ4v) is 2.76. The summed E-state index contributed by atoms with van der Waals surface area (Å²) >= 11 is 0. The third-order valence-electron chi connectivity index (χ3n) is 4.40. The molecule has 0 radical (unpaired) electrons. The molecule has 2 amide bonds. The lowest BCUT2D eigenvalue weighted by atomic mass is 10.1. The predicted octanol–water partition coefficient (Wildman–Crippen LogP) is 5.18. The molecule has 0 bridgehead atoms. The first kappa shape index (κ1) is 25.1. The molecule has 0 saturated carbocycles. The van der Waals surface area contributed by atoms with E-state index < -0.39 is 0 Å². The van der Waals surface area contributed by atoms with E-state index >= 15 is 0 Å². The Hall–Kier alpha value is -2.95. The Kier molecular flexibility index (Phi) is 13.3. The van der Waals surface area contributed by atoms with Gasteiger partial charge in [-0.2, -0.15) is 0 Å². The summed E-state index contributed by atoms with van der Waals surface area (Å²) in [6.07, 6.45) is 15.4. The first-order chi connectivity index (χ1) is 14.6. The Morgan fingerprint density at radius 2 is 1.77 bits per heavy atom. The van der Waals surface area contributed by atoms with Crippen LogP contribution in [0.1, 0.15) is 63.9 Å². The summed E-state index contributed by atoms with van der Waals surface area (Å²) in [6, 6.07) is 9.74. The van der Waals surface area contributed by atoms with Crippen LogP contribution in [0, 0.1) is 0 Å². The molecule has 162 valence electrons. The molecule has 2 rings (SSSR count). The van der Waals surface area contributed by atoms with Crippen molar-refractivity contribution in [3.8, 4) is 0 Å². The van der Waals surface area contributed by atoms with Crippen LogP contribution in [0.2, 0.25) is 0 Å². The Labute approximate surface area is 179 Å². The number of carbonyl (C=O) groups is 3. The fraction of sp³-hybridized carbons (Fsp3) is 0.400. The van der Waals surface area contributed by atoms with Gasteiger partial charge in [-0.1, -0.05) is 81.5 Å². The van der Waals surface area contributed by atoms with E-state index in [1.165, 1.54) is 38.2 Å². The van der Waals surface area contributed by atoms with Crippen molar-refractivity contribution in [3.05, 3.63) is 72.4 Å². The van der Waals surface area contributed by atoms with Crippen molar-refractivity contribution in [3.63, 3.8) is 0 Å². The Morgan fingerprint density at radius 3 is 2.40 bits per heavy atom. The average molecular weight is 412 g/mol. The summed E-state index contributed by atoms with van der Waals surface area (Å²) in [7, 11) is 0. The summed E-state index contributed by atoms with van der Waals surface area (Å²) in [5, 5.41) is 2.13. The van der Waals surface area contributed by atoms with Gasteiger partial charge in [0.05, 0.1) is 0 Å². The normalized spacial score (nSPS) is 12.8. The lowest BCUT2D eigenvalue weighted by molar-refractivity contribution is -0.139. The Morgan fingerprint density at radius 1 is 1.07 bits per heavy atom. The van der Waals surface area contributed by atoms with Gasteiger partial charge in [0.25, 0.3) is 11.8 Å². The van der Waals surface area contributed by atoms with Crippen LogP contribution in [-0.4, -0.2) is 17.8 Å². The zero-order valence-corrected chi connectivity index (χ0v) is 17.9. The van der Waals surface area contributed by atoms with E-state index in [2.05, 4.69) is 18.8 Å². The third-order valence-corrected chi connectivity index (χ3v) is 4.40. The highest BCUT2D eigenvalue weighted by Gasteiger charge is 2.18. The van der Waals surface area contributed by atoms with E-state index in [1.54, 1.807) is 12.2 Å². The van der Waals surface area contributed by atoms with Crippen LogP contribution in [-0.2, 0) is 25.7 Å². The molecular formula is C25H33NO4. The lowest BCUT2D eigenvalue weighted by Gasteiger charge is -2.01. The highest BCUT2D eigenvalue weighted by atomic mass is 16.5. The van der Waals surface area contributed by atoms with E-state index in [-0.39, 0.29) is 17.8 Å². The molecular weight excluding hydrogens is 378 g/mol. The number of hydrogen-bond acceptors (Lipinski definition) is 4. The fourth-order valence-electron chi connectivity index (χ4n) is 2.76. The SMILES string of the molecule is C=CCC1=CC(=O)NC1=O.CCCCCCCCC=CC(=O)OCc1ccccc1. The van der Waals surface area contributed by atoms with Crippen molar-refractivity contribution in [2.45, 2.75) is 64.9 Å². The summed E-state index contributed by atoms with van der Waals surface area (Å²) in [4.78, 5) is 32.7. The standard InChI is InChI=1S/C18H26O2.C7H7NO2/c1-2-3-4-5-6-7-8-12-15-18(19)20-16-17-13-10-9-11-14-17;1-2-3-5-4-6(9)8-7(5)10/h9-15H,2-8,16H2,1H3;2,4H,1,3H2,(H,8,9,10). The van der Waals surface area contributed by atoms with Crippen LogP contribution in [0.15, 0.2) is 66.8 Å². The van der Waals surface area contributed by atoms with E-state index in [1.807, 2.05) is 36.4 Å². The number of allylic oxidation sites excluding steroid dienone is 2. The molecule has 1 aromatic carbocycles. The largest absolute Gasteiger partial charge is 0.458 e. The molecule has 5 nitrogen and oxygen atoms in total. The van der Waals surface area contributed by atoms with E-state index in [4.69, 9.17) is 4.74 Å². The van der Waals surface area contributed by atoms with E-state index in [0.717, 1.165) is 18.4 Å². The van der Waals surface area contributed by atoms with Gasteiger partial charge < -0.3 is 4.74 Å². The molecule has 1 aliphatic heterocycles. The smallest absolute Gasteiger partial charge is 0.330 e. The minimum atomic E-state index is -0.332. The third kappa shape index (κ3) is 11.8. The molecule has 1 heterocycles. The molecule has 1 aliphatic rings. The van der Waals surface area contributed by atoms with Gasteiger partial charge in [0.15, 0.2) is 0 Å². The van der Waals surface area contributed by atoms with Crippen LogP contribution in [0.25, 0.3) is 0 Å². The molecule has 5 heteroatoms. The van der Waals surface area contributed by atoms with Crippen molar-refractivity contribution in [1.29, 1.82) is 0 Å². The number of unbranched alkanes of at least 4 members (excludes halogenated alkanes) is 6. The molecule has 0 atom stereocenters. The molecule has 0 aromatic heterocycles. The molecule has 30 heavy (non-hydrogen) atoms. The van der Waals surface area contributed by atoms with Gasteiger partial charge in [0.1, 0.15) is 6.61 Å². The molecule has 0 fully saturated rings. The molecule has 1 aromatic rings. The number of nitrogens with one attached hydrogen (secondary N) is 1. The molecule has 0 aliphatic carbocycles. The first-order valence-electron chi connectivity index (χ1n) is 10.6. The van der Waals surface area contributed by atoms with Crippen LogP contribution in [0.5, 0.6) is 0 Å². The number of rotatable bonds is 12. The maximum absolute atomic E-state index is 11.5. The topological polar surface area (TPSA) is 72.5 Å². The molecule has 0 spiro atoms. The van der Waals surface area contributed by atoms with Crippen molar-refractivity contribution in [2.24, 2.45) is 0 Å². The maximum Gasteiger partial charge on any atom is 0.330 e. The minimum Gasteiger partial charge on any atom is -0.458 e. The number of benzene rings is 1. The molecule has 0 unspecified atom stereocenters.